The van der Waals surface area contributed by atoms with Gasteiger partial charge in [0.2, 0.25) is 0 Å². The first-order valence-electron chi connectivity index (χ1n) is 12.5. The summed E-state index contributed by atoms with van der Waals surface area (Å²) in [6.45, 7) is 1.33. The number of fused-ring (bicyclic) bond motifs is 2. The minimum Gasteiger partial charge on any atom is -0.480 e. The van der Waals surface area contributed by atoms with Crippen LogP contribution in [0.4, 0.5) is 5.69 Å². The number of aliphatic carboxylic acids is 1. The first kappa shape index (κ1) is 23.9. The van der Waals surface area contributed by atoms with E-state index in [4.69, 9.17) is 16.3 Å². The van der Waals surface area contributed by atoms with Crippen LogP contribution in [0.2, 0.25) is 5.02 Å². The van der Waals surface area contributed by atoms with Crippen molar-refractivity contribution in [2.24, 2.45) is 5.92 Å². The maximum atomic E-state index is 12.5. The van der Waals surface area contributed by atoms with E-state index < -0.39 is 11.5 Å². The molecule has 1 saturated carbocycles. The van der Waals surface area contributed by atoms with E-state index in [-0.39, 0.29) is 5.41 Å². The topological polar surface area (TPSA) is 58.6 Å². The highest BCUT2D eigenvalue weighted by Crippen LogP contribution is 2.55. The summed E-state index contributed by atoms with van der Waals surface area (Å²) in [5.41, 5.74) is 3.78. The van der Waals surface area contributed by atoms with Crippen molar-refractivity contribution in [3.05, 3.63) is 101 Å². The number of nitrogens with one attached hydrogen (secondary N) is 1. The number of carboxylic acids is 1. The van der Waals surface area contributed by atoms with Gasteiger partial charge in [0.1, 0.15) is 5.54 Å². The molecular weight excluding hydrogens is 458 g/mol. The first-order valence-corrected chi connectivity index (χ1v) is 12.9. The largest absolute Gasteiger partial charge is 0.480 e. The van der Waals surface area contributed by atoms with Gasteiger partial charge in [0.25, 0.3) is 0 Å². The smallest absolute Gasteiger partial charge is 0.329 e. The van der Waals surface area contributed by atoms with Gasteiger partial charge in [-0.1, -0.05) is 72.3 Å². The lowest BCUT2D eigenvalue weighted by atomic mass is 9.60. The van der Waals surface area contributed by atoms with Crippen molar-refractivity contribution in [3.63, 3.8) is 0 Å². The first-order chi connectivity index (χ1) is 17.0. The fourth-order valence-electron chi connectivity index (χ4n) is 6.27. The predicted molar refractivity (Wildman–Crippen MR) is 140 cm³/mol. The molecule has 2 N–H and O–H groups in total. The number of hydrogen-bond acceptors (Lipinski definition) is 3. The van der Waals surface area contributed by atoms with Crippen LogP contribution in [0.3, 0.4) is 0 Å². The van der Waals surface area contributed by atoms with Crippen LogP contribution in [0.15, 0.2) is 78.9 Å². The van der Waals surface area contributed by atoms with E-state index in [0.717, 1.165) is 31.4 Å². The lowest BCUT2D eigenvalue weighted by Crippen LogP contribution is -2.53. The third-order valence-corrected chi connectivity index (χ3v) is 8.37. The second-order valence-corrected chi connectivity index (χ2v) is 10.5. The number of hydrogen-bond donors (Lipinski definition) is 2. The lowest BCUT2D eigenvalue weighted by molar-refractivity contribution is -0.144. The summed E-state index contributed by atoms with van der Waals surface area (Å²) in [7, 11) is 0. The maximum Gasteiger partial charge on any atom is 0.329 e. The zero-order valence-electron chi connectivity index (χ0n) is 19.9. The van der Waals surface area contributed by atoms with Crippen molar-refractivity contribution in [1.82, 2.24) is 0 Å². The summed E-state index contributed by atoms with van der Waals surface area (Å²) >= 11 is 6.16. The van der Waals surface area contributed by atoms with Gasteiger partial charge in [0.05, 0.1) is 6.61 Å². The van der Waals surface area contributed by atoms with Crippen LogP contribution in [0.25, 0.3) is 0 Å². The molecule has 0 amide bonds. The fraction of sp³-hybridized carbons (Fsp3) is 0.367. The zero-order valence-corrected chi connectivity index (χ0v) is 20.6. The molecule has 0 bridgehead atoms. The van der Waals surface area contributed by atoms with E-state index in [2.05, 4.69) is 41.7 Å². The Morgan fingerprint density at radius 3 is 2.46 bits per heavy atom. The van der Waals surface area contributed by atoms with E-state index in [9.17, 15) is 9.90 Å². The molecule has 35 heavy (non-hydrogen) atoms. The molecule has 1 fully saturated rings. The highest BCUT2D eigenvalue weighted by Gasteiger charge is 2.53. The third kappa shape index (κ3) is 4.82. The molecule has 2 aliphatic carbocycles. The van der Waals surface area contributed by atoms with Crippen molar-refractivity contribution in [2.45, 2.75) is 56.1 Å². The number of rotatable bonds is 8. The Bertz CT molecular complexity index is 1170. The Hall–Kier alpha value is -2.82. The van der Waals surface area contributed by atoms with E-state index in [1.165, 1.54) is 16.7 Å². The number of benzene rings is 3. The molecule has 4 nitrogen and oxygen atoms in total. The van der Waals surface area contributed by atoms with E-state index >= 15 is 0 Å². The molecular formula is C30H32ClNO3. The van der Waals surface area contributed by atoms with Gasteiger partial charge < -0.3 is 15.2 Å². The van der Waals surface area contributed by atoms with Crippen molar-refractivity contribution in [2.75, 3.05) is 11.9 Å². The molecule has 3 aromatic carbocycles. The molecule has 1 atom stereocenters. The molecule has 182 valence electrons. The van der Waals surface area contributed by atoms with E-state index in [0.29, 0.717) is 37.0 Å². The minimum atomic E-state index is -0.984. The molecule has 5 rings (SSSR count). The summed E-state index contributed by atoms with van der Waals surface area (Å²) in [5, 5.41) is 14.2. The van der Waals surface area contributed by atoms with Gasteiger partial charge in [-0.05, 0) is 84.7 Å². The van der Waals surface area contributed by atoms with Crippen LogP contribution >= 0.6 is 11.6 Å². The normalized spacial score (nSPS) is 25.3. The Morgan fingerprint density at radius 1 is 0.971 bits per heavy atom. The molecule has 0 aliphatic heterocycles. The number of carboxylic acid groups (broad SMARTS) is 1. The van der Waals surface area contributed by atoms with Crippen LogP contribution in [0.5, 0.6) is 0 Å². The van der Waals surface area contributed by atoms with Gasteiger partial charge in [-0.25, -0.2) is 4.79 Å². The average molecular weight is 490 g/mol. The quantitative estimate of drug-likeness (QED) is 0.339. The Kier molecular flexibility index (Phi) is 6.86. The summed E-state index contributed by atoms with van der Waals surface area (Å²) < 4.78 is 6.06. The molecule has 0 saturated heterocycles. The average Bonchev–Trinajstić information content (AvgIpc) is 3.17. The molecule has 1 spiro atoms. The second-order valence-electron chi connectivity index (χ2n) is 10.1. The van der Waals surface area contributed by atoms with Crippen LogP contribution in [0, 0.1) is 5.92 Å². The predicted octanol–water partition coefficient (Wildman–Crippen LogP) is 6.87. The number of ether oxygens (including phenoxy) is 1. The molecule has 0 radical (unpaired) electrons. The van der Waals surface area contributed by atoms with Gasteiger partial charge in [-0.2, -0.15) is 0 Å². The van der Waals surface area contributed by atoms with Gasteiger partial charge in [0, 0.05) is 17.3 Å². The van der Waals surface area contributed by atoms with Crippen LogP contribution in [-0.2, 0) is 28.0 Å². The third-order valence-electron chi connectivity index (χ3n) is 8.14. The summed E-state index contributed by atoms with van der Waals surface area (Å²) in [4.78, 5) is 12.5. The highest BCUT2D eigenvalue weighted by molar-refractivity contribution is 6.30. The zero-order chi connectivity index (χ0) is 24.3. The van der Waals surface area contributed by atoms with Gasteiger partial charge in [-0.15, -0.1) is 0 Å². The van der Waals surface area contributed by atoms with Crippen molar-refractivity contribution in [3.8, 4) is 0 Å². The molecule has 0 aromatic heterocycles. The van der Waals surface area contributed by atoms with Gasteiger partial charge in [-0.3, -0.25) is 0 Å². The Labute approximate surface area is 212 Å². The fourth-order valence-corrected chi connectivity index (χ4v) is 6.46. The Balaban J connectivity index is 1.32. The lowest BCUT2D eigenvalue weighted by Gasteiger charge is -2.47. The number of anilines is 1. The van der Waals surface area contributed by atoms with Gasteiger partial charge >= 0.3 is 5.97 Å². The van der Waals surface area contributed by atoms with E-state index in [1.807, 2.05) is 30.3 Å². The highest BCUT2D eigenvalue weighted by atomic mass is 35.5. The number of halogens is 1. The number of carbonyl (C=O) groups is 1. The summed E-state index contributed by atoms with van der Waals surface area (Å²) in [6.07, 6.45) is 4.84. The second kappa shape index (κ2) is 10.0. The molecule has 1 unspecified atom stereocenters. The van der Waals surface area contributed by atoms with Gasteiger partial charge in [0.15, 0.2) is 0 Å². The minimum absolute atomic E-state index is 0.00165. The standard InChI is InChI=1S/C30H32ClNO3/c31-25-10-6-11-26(20-25)32-30(28(33)34)16-14-29(15-17-30)24(19-23-9-4-5-12-27(23)29)13-18-35-21-22-7-2-1-3-8-22/h1-12,20,24,32H,13-19,21H2,(H,33,34). The Morgan fingerprint density at radius 2 is 1.71 bits per heavy atom. The molecule has 3 aromatic rings. The van der Waals surface area contributed by atoms with Crippen LogP contribution < -0.4 is 5.32 Å². The summed E-state index contributed by atoms with van der Waals surface area (Å²) in [5.74, 6) is -0.338. The molecule has 5 heteroatoms. The van der Waals surface area contributed by atoms with E-state index in [1.54, 1.807) is 12.1 Å². The van der Waals surface area contributed by atoms with Crippen molar-refractivity contribution < 1.29 is 14.6 Å². The molecule has 0 heterocycles. The van der Waals surface area contributed by atoms with Crippen LogP contribution in [-0.4, -0.2) is 23.2 Å². The monoisotopic (exact) mass is 489 g/mol. The molecule has 2 aliphatic rings. The van der Waals surface area contributed by atoms with Crippen molar-refractivity contribution in [1.29, 1.82) is 0 Å². The van der Waals surface area contributed by atoms with Crippen LogP contribution in [0.1, 0.15) is 48.8 Å². The maximum absolute atomic E-state index is 12.5. The van der Waals surface area contributed by atoms with Crippen molar-refractivity contribution >= 4 is 23.3 Å². The SMILES string of the molecule is O=C(O)C1(Nc2cccc(Cl)c2)CCC2(CC1)c1ccccc1CC2CCOCc1ccccc1. The summed E-state index contributed by atoms with van der Waals surface area (Å²) in [6, 6.07) is 26.4.